The molecule has 0 aromatic carbocycles. The molecule has 0 aromatic heterocycles. The Morgan fingerprint density at radius 3 is 2.85 bits per heavy atom. The number of allylic oxidation sites excluding steroid dienone is 1. The highest BCUT2D eigenvalue weighted by Gasteiger charge is 2.72. The third-order valence-corrected chi connectivity index (χ3v) is 8.59. The maximum Gasteiger partial charge on any atom is 0.313 e. The summed E-state index contributed by atoms with van der Waals surface area (Å²) < 4.78 is 5.94. The zero-order valence-corrected chi connectivity index (χ0v) is 15.2. The first kappa shape index (κ1) is 16.7. The summed E-state index contributed by atoms with van der Waals surface area (Å²) in [6.07, 6.45) is 7.17. The van der Waals surface area contributed by atoms with E-state index in [4.69, 9.17) is 4.74 Å². The predicted octanol–water partition coefficient (Wildman–Crippen LogP) is 2.21. The highest BCUT2D eigenvalue weighted by atomic mass is 16.6. The molecule has 1 spiro atoms. The SMILES string of the molecule is CC12CCC(=O)C=C1CCC1C2C2CC3(C(=O)O2)C(C(=O)CO)CCC13. The minimum absolute atomic E-state index is 0.0721. The summed E-state index contributed by atoms with van der Waals surface area (Å²) in [6.45, 7) is 1.77. The molecular formula is C21H26O5. The van der Waals surface area contributed by atoms with Gasteiger partial charge in [-0.3, -0.25) is 14.4 Å². The smallest absolute Gasteiger partial charge is 0.313 e. The normalized spacial score (nSPS) is 49.0. The number of hydrogen-bond donors (Lipinski definition) is 1. The molecule has 1 heterocycles. The molecule has 3 saturated carbocycles. The zero-order chi connectivity index (χ0) is 18.3. The van der Waals surface area contributed by atoms with Crippen molar-refractivity contribution in [3.63, 3.8) is 0 Å². The van der Waals surface area contributed by atoms with E-state index in [2.05, 4.69) is 6.92 Å². The molecule has 7 atom stereocenters. The lowest BCUT2D eigenvalue weighted by atomic mass is 9.46. The molecule has 26 heavy (non-hydrogen) atoms. The molecule has 4 fully saturated rings. The van der Waals surface area contributed by atoms with E-state index < -0.39 is 12.0 Å². The second-order valence-electron chi connectivity index (χ2n) is 9.33. The number of esters is 1. The lowest BCUT2D eigenvalue weighted by Crippen LogP contribution is -2.55. The van der Waals surface area contributed by atoms with Gasteiger partial charge in [0, 0.05) is 24.7 Å². The first-order valence-corrected chi connectivity index (χ1v) is 10.0. The second kappa shape index (κ2) is 5.28. The Kier molecular flexibility index (Phi) is 3.38. The number of rotatable bonds is 2. The van der Waals surface area contributed by atoms with Gasteiger partial charge in [-0.25, -0.2) is 0 Å². The molecule has 4 aliphatic carbocycles. The van der Waals surface area contributed by atoms with Crippen LogP contribution in [0.15, 0.2) is 11.6 Å². The average Bonchev–Trinajstić information content (AvgIpc) is 3.14. The van der Waals surface area contributed by atoms with Crippen LogP contribution in [0.2, 0.25) is 0 Å². The van der Waals surface area contributed by atoms with Crippen LogP contribution in [-0.2, 0) is 19.1 Å². The fraction of sp³-hybridized carbons (Fsp3) is 0.762. The monoisotopic (exact) mass is 358 g/mol. The molecule has 5 aliphatic rings. The first-order chi connectivity index (χ1) is 12.4. The van der Waals surface area contributed by atoms with Crippen molar-refractivity contribution in [2.24, 2.45) is 34.5 Å². The largest absolute Gasteiger partial charge is 0.462 e. The van der Waals surface area contributed by atoms with E-state index in [1.54, 1.807) is 0 Å². The minimum Gasteiger partial charge on any atom is -0.462 e. The van der Waals surface area contributed by atoms with Gasteiger partial charge in [-0.15, -0.1) is 0 Å². The summed E-state index contributed by atoms with van der Waals surface area (Å²) in [5.41, 5.74) is 0.469. The third-order valence-electron chi connectivity index (χ3n) is 8.59. The molecular weight excluding hydrogens is 332 g/mol. The molecule has 5 nitrogen and oxygen atoms in total. The lowest BCUT2D eigenvalue weighted by Gasteiger charge is -2.56. The second-order valence-corrected chi connectivity index (χ2v) is 9.33. The molecule has 5 heteroatoms. The van der Waals surface area contributed by atoms with Gasteiger partial charge in [-0.1, -0.05) is 12.5 Å². The average molecular weight is 358 g/mol. The lowest BCUT2D eigenvalue weighted by molar-refractivity contribution is -0.154. The Morgan fingerprint density at radius 1 is 1.27 bits per heavy atom. The van der Waals surface area contributed by atoms with Crippen LogP contribution in [0.5, 0.6) is 0 Å². The fourth-order valence-corrected chi connectivity index (χ4v) is 7.59. The van der Waals surface area contributed by atoms with Gasteiger partial charge in [0.15, 0.2) is 11.6 Å². The van der Waals surface area contributed by atoms with Crippen molar-refractivity contribution in [3.05, 3.63) is 11.6 Å². The molecule has 1 N–H and O–H groups in total. The van der Waals surface area contributed by atoms with Crippen LogP contribution in [0.4, 0.5) is 0 Å². The first-order valence-electron chi connectivity index (χ1n) is 10.0. The van der Waals surface area contributed by atoms with E-state index in [9.17, 15) is 19.5 Å². The molecule has 1 saturated heterocycles. The number of hydrogen-bond acceptors (Lipinski definition) is 5. The molecule has 0 amide bonds. The number of carbonyl (C=O) groups excluding carboxylic acids is 3. The van der Waals surface area contributed by atoms with Gasteiger partial charge in [-0.2, -0.15) is 0 Å². The van der Waals surface area contributed by atoms with E-state index in [1.807, 2.05) is 6.08 Å². The highest BCUT2D eigenvalue weighted by molar-refractivity contribution is 5.93. The molecule has 2 bridgehead atoms. The van der Waals surface area contributed by atoms with Crippen molar-refractivity contribution in [2.45, 2.75) is 58.0 Å². The number of ketones is 2. The van der Waals surface area contributed by atoms with Crippen LogP contribution in [0.1, 0.15) is 51.9 Å². The quantitative estimate of drug-likeness (QED) is 0.766. The van der Waals surface area contributed by atoms with Crippen LogP contribution in [0.3, 0.4) is 0 Å². The molecule has 0 radical (unpaired) electrons. The number of aliphatic hydroxyl groups is 1. The van der Waals surface area contributed by atoms with Gasteiger partial charge in [-0.05, 0) is 55.4 Å². The zero-order valence-electron chi connectivity index (χ0n) is 15.2. The van der Waals surface area contributed by atoms with Gasteiger partial charge in [0.05, 0.1) is 5.41 Å². The van der Waals surface area contributed by atoms with E-state index >= 15 is 0 Å². The van der Waals surface area contributed by atoms with Gasteiger partial charge >= 0.3 is 5.97 Å². The molecule has 0 aromatic rings. The summed E-state index contributed by atoms with van der Waals surface area (Å²) in [6, 6.07) is 0. The van der Waals surface area contributed by atoms with Crippen molar-refractivity contribution < 1.29 is 24.2 Å². The highest BCUT2D eigenvalue weighted by Crippen LogP contribution is 2.70. The van der Waals surface area contributed by atoms with Gasteiger partial charge in [0.2, 0.25) is 0 Å². The van der Waals surface area contributed by atoms with Crippen molar-refractivity contribution in [1.29, 1.82) is 0 Å². The number of carbonyl (C=O) groups is 3. The van der Waals surface area contributed by atoms with E-state index in [-0.39, 0.29) is 46.8 Å². The maximum absolute atomic E-state index is 13.0. The summed E-state index contributed by atoms with van der Waals surface area (Å²) in [5.74, 6) is 0.236. The van der Waals surface area contributed by atoms with Crippen LogP contribution >= 0.6 is 0 Å². The van der Waals surface area contributed by atoms with Crippen molar-refractivity contribution in [1.82, 2.24) is 0 Å². The summed E-state index contributed by atoms with van der Waals surface area (Å²) >= 11 is 0. The predicted molar refractivity (Wildman–Crippen MR) is 91.9 cm³/mol. The van der Waals surface area contributed by atoms with Crippen molar-refractivity contribution >= 4 is 17.5 Å². The standard InChI is InChI=1S/C21H26O5/c1-20-7-6-12(23)8-11(20)2-3-13-14-4-5-15(16(24)10-22)21(14)9-17(18(13)20)26-19(21)25/h8,13-15,17-18,22H,2-7,9-10H2,1H3. The fourth-order valence-electron chi connectivity index (χ4n) is 7.59. The summed E-state index contributed by atoms with van der Waals surface area (Å²) in [7, 11) is 0. The van der Waals surface area contributed by atoms with E-state index in [1.165, 1.54) is 5.57 Å². The van der Waals surface area contributed by atoms with Gasteiger partial charge in [0.1, 0.15) is 12.7 Å². The van der Waals surface area contributed by atoms with Crippen molar-refractivity contribution in [2.75, 3.05) is 6.61 Å². The Hall–Kier alpha value is -1.49. The van der Waals surface area contributed by atoms with E-state index in [0.29, 0.717) is 25.2 Å². The van der Waals surface area contributed by atoms with Crippen LogP contribution in [0.25, 0.3) is 0 Å². The Balaban J connectivity index is 1.58. The summed E-state index contributed by atoms with van der Waals surface area (Å²) in [4.78, 5) is 37.3. The van der Waals surface area contributed by atoms with Gasteiger partial charge in [0.25, 0.3) is 0 Å². The van der Waals surface area contributed by atoms with Crippen LogP contribution in [-0.4, -0.2) is 35.4 Å². The number of Topliss-reactive ketones (excluding diaryl/α,β-unsaturated/α-hetero) is 1. The topological polar surface area (TPSA) is 80.7 Å². The number of fused-ring (bicyclic) bond motifs is 6. The third kappa shape index (κ3) is 1.83. The minimum atomic E-state index is -0.701. The number of ether oxygens (including phenoxy) is 1. The maximum atomic E-state index is 13.0. The Labute approximate surface area is 153 Å². The number of aliphatic hydroxyl groups excluding tert-OH is 1. The van der Waals surface area contributed by atoms with E-state index in [0.717, 1.165) is 25.7 Å². The van der Waals surface area contributed by atoms with Crippen LogP contribution in [0, 0.1) is 34.5 Å². The van der Waals surface area contributed by atoms with Crippen molar-refractivity contribution in [3.8, 4) is 0 Å². The molecule has 5 rings (SSSR count). The Bertz CT molecular complexity index is 739. The molecule has 7 unspecified atom stereocenters. The molecule has 140 valence electrons. The molecule has 1 aliphatic heterocycles. The Morgan fingerprint density at radius 2 is 2.08 bits per heavy atom. The van der Waals surface area contributed by atoms with Crippen LogP contribution < -0.4 is 0 Å². The van der Waals surface area contributed by atoms with Gasteiger partial charge < -0.3 is 9.84 Å². The summed E-state index contributed by atoms with van der Waals surface area (Å²) in [5, 5.41) is 9.41.